The third-order valence-corrected chi connectivity index (χ3v) is 3.86. The number of nitrogens with zero attached hydrogens (tertiary/aromatic N) is 1. The van der Waals surface area contributed by atoms with Crippen molar-refractivity contribution in [1.29, 1.82) is 0 Å². The van der Waals surface area contributed by atoms with Crippen molar-refractivity contribution in [1.82, 2.24) is 4.90 Å². The molecule has 0 aliphatic rings. The van der Waals surface area contributed by atoms with E-state index in [2.05, 4.69) is 17.0 Å². The molecule has 0 aliphatic heterocycles. The van der Waals surface area contributed by atoms with E-state index in [9.17, 15) is 4.79 Å². The summed E-state index contributed by atoms with van der Waals surface area (Å²) in [5, 5.41) is 0. The number of carbonyl (C=O) groups excluding carboxylic acids is 1. The van der Waals surface area contributed by atoms with Gasteiger partial charge >= 0.3 is 5.97 Å². The molecule has 0 radical (unpaired) electrons. The van der Waals surface area contributed by atoms with E-state index in [1.807, 2.05) is 32.3 Å². The van der Waals surface area contributed by atoms with E-state index in [1.165, 1.54) is 7.11 Å². The van der Waals surface area contributed by atoms with Crippen molar-refractivity contribution >= 4 is 5.97 Å². The summed E-state index contributed by atoms with van der Waals surface area (Å²) in [7, 11) is 6.98. The molecule has 0 fully saturated rings. The summed E-state index contributed by atoms with van der Waals surface area (Å²) < 4.78 is 16.4. The van der Waals surface area contributed by atoms with Crippen LogP contribution in [0.3, 0.4) is 0 Å². The minimum Gasteiger partial charge on any atom is -0.493 e. The van der Waals surface area contributed by atoms with Crippen LogP contribution < -0.4 is 9.47 Å². The molecular formula is C20H25NO4. The molecule has 2 aromatic rings. The second-order valence-electron chi connectivity index (χ2n) is 5.97. The van der Waals surface area contributed by atoms with E-state index in [0.29, 0.717) is 17.1 Å². The Balaban J connectivity index is 2.26. The summed E-state index contributed by atoms with van der Waals surface area (Å²) in [6.45, 7) is 0.891. The number of ether oxygens (including phenoxy) is 3. The topological polar surface area (TPSA) is 48.0 Å². The van der Waals surface area contributed by atoms with E-state index in [0.717, 1.165) is 18.5 Å². The summed E-state index contributed by atoms with van der Waals surface area (Å²) in [4.78, 5) is 13.8. The van der Waals surface area contributed by atoms with Crippen LogP contribution in [0.5, 0.6) is 11.5 Å². The highest BCUT2D eigenvalue weighted by atomic mass is 16.5. The lowest BCUT2D eigenvalue weighted by Gasteiger charge is -2.23. The second-order valence-corrected chi connectivity index (χ2v) is 5.97. The molecule has 0 saturated carbocycles. The standard InChI is InChI=1S/C20H25NO4/c1-21(2)13-12-17(15-8-6-5-7-9-15)25-18-11-10-16(20(22)24-4)14-19(18)23-3/h5-11,14,17H,12-13H2,1-4H3. The van der Waals surface area contributed by atoms with E-state index < -0.39 is 5.97 Å². The highest BCUT2D eigenvalue weighted by Crippen LogP contribution is 2.33. The molecule has 0 aliphatic carbocycles. The fraction of sp³-hybridized carbons (Fsp3) is 0.350. The number of carbonyl (C=O) groups is 1. The fourth-order valence-corrected chi connectivity index (χ4v) is 2.50. The Morgan fingerprint density at radius 2 is 1.76 bits per heavy atom. The maximum atomic E-state index is 11.7. The molecule has 0 N–H and O–H groups in total. The van der Waals surface area contributed by atoms with Crippen LogP contribution in [0.15, 0.2) is 48.5 Å². The summed E-state index contributed by atoms with van der Waals surface area (Å²) in [6.07, 6.45) is 0.723. The highest BCUT2D eigenvalue weighted by molar-refractivity contribution is 5.90. The van der Waals surface area contributed by atoms with Gasteiger partial charge in [0.1, 0.15) is 6.10 Å². The predicted molar refractivity (Wildman–Crippen MR) is 97.3 cm³/mol. The fourth-order valence-electron chi connectivity index (χ4n) is 2.50. The summed E-state index contributed by atoms with van der Waals surface area (Å²) in [5.41, 5.74) is 1.53. The summed E-state index contributed by atoms with van der Waals surface area (Å²) >= 11 is 0. The average molecular weight is 343 g/mol. The normalized spacial score (nSPS) is 11.9. The van der Waals surface area contributed by atoms with Gasteiger partial charge in [-0.1, -0.05) is 30.3 Å². The van der Waals surface area contributed by atoms with Crippen LogP contribution in [0.25, 0.3) is 0 Å². The predicted octanol–water partition coefficient (Wildman–Crippen LogP) is 3.55. The maximum absolute atomic E-state index is 11.7. The molecule has 0 amide bonds. The SMILES string of the molecule is COC(=O)c1ccc(OC(CCN(C)C)c2ccccc2)c(OC)c1. The van der Waals surface area contributed by atoms with Crippen LogP contribution in [-0.2, 0) is 4.74 Å². The van der Waals surface area contributed by atoms with Gasteiger partial charge in [0.2, 0.25) is 0 Å². The number of esters is 1. The Hall–Kier alpha value is -2.53. The molecule has 5 heteroatoms. The first-order valence-corrected chi connectivity index (χ1v) is 8.17. The molecule has 5 nitrogen and oxygen atoms in total. The van der Waals surface area contributed by atoms with Crippen molar-refractivity contribution in [2.45, 2.75) is 12.5 Å². The van der Waals surface area contributed by atoms with Crippen molar-refractivity contribution in [2.75, 3.05) is 34.9 Å². The van der Waals surface area contributed by atoms with Gasteiger partial charge in [0.05, 0.1) is 19.8 Å². The third kappa shape index (κ3) is 5.22. The van der Waals surface area contributed by atoms with Crippen LogP contribution in [0.2, 0.25) is 0 Å². The largest absolute Gasteiger partial charge is 0.493 e. The van der Waals surface area contributed by atoms with Crippen molar-refractivity contribution in [3.05, 3.63) is 59.7 Å². The zero-order chi connectivity index (χ0) is 18.2. The Bertz CT molecular complexity index is 685. The molecule has 1 unspecified atom stereocenters. The van der Waals surface area contributed by atoms with Gasteiger partial charge in [-0.15, -0.1) is 0 Å². The van der Waals surface area contributed by atoms with Crippen molar-refractivity contribution < 1.29 is 19.0 Å². The van der Waals surface area contributed by atoms with E-state index >= 15 is 0 Å². The van der Waals surface area contributed by atoms with Crippen molar-refractivity contribution in [2.24, 2.45) is 0 Å². The Labute approximate surface area is 149 Å². The highest BCUT2D eigenvalue weighted by Gasteiger charge is 2.18. The van der Waals surface area contributed by atoms with Gasteiger partial charge in [0, 0.05) is 13.0 Å². The third-order valence-electron chi connectivity index (χ3n) is 3.86. The quantitative estimate of drug-likeness (QED) is 0.686. The van der Waals surface area contributed by atoms with Gasteiger partial charge in [0.15, 0.2) is 11.5 Å². The number of hydrogen-bond acceptors (Lipinski definition) is 5. The van der Waals surface area contributed by atoms with Gasteiger partial charge in [-0.2, -0.15) is 0 Å². The summed E-state index contributed by atoms with van der Waals surface area (Å²) in [6, 6.07) is 15.1. The molecular weight excluding hydrogens is 318 g/mol. The van der Waals surface area contributed by atoms with E-state index in [4.69, 9.17) is 14.2 Å². The first-order valence-electron chi connectivity index (χ1n) is 8.17. The van der Waals surface area contributed by atoms with Gasteiger partial charge in [-0.05, 0) is 37.9 Å². The number of methoxy groups -OCH3 is 2. The molecule has 0 heterocycles. The van der Waals surface area contributed by atoms with E-state index in [-0.39, 0.29) is 6.10 Å². The van der Waals surface area contributed by atoms with Crippen LogP contribution in [0.1, 0.15) is 28.4 Å². The van der Waals surface area contributed by atoms with Crippen LogP contribution in [-0.4, -0.2) is 45.7 Å². The molecule has 1 atom stereocenters. The first-order chi connectivity index (χ1) is 12.0. The lowest BCUT2D eigenvalue weighted by Crippen LogP contribution is -2.19. The van der Waals surface area contributed by atoms with Crippen LogP contribution in [0.4, 0.5) is 0 Å². The van der Waals surface area contributed by atoms with Crippen LogP contribution >= 0.6 is 0 Å². The zero-order valence-corrected chi connectivity index (χ0v) is 15.2. The minimum atomic E-state index is -0.405. The lowest BCUT2D eigenvalue weighted by molar-refractivity contribution is 0.0600. The van der Waals surface area contributed by atoms with Gasteiger partial charge in [-0.25, -0.2) is 4.79 Å². The molecule has 25 heavy (non-hydrogen) atoms. The molecule has 0 bridgehead atoms. The minimum absolute atomic E-state index is 0.110. The molecule has 134 valence electrons. The monoisotopic (exact) mass is 343 g/mol. The smallest absolute Gasteiger partial charge is 0.337 e. The van der Waals surface area contributed by atoms with Crippen LogP contribution in [0, 0.1) is 0 Å². The van der Waals surface area contributed by atoms with Gasteiger partial charge < -0.3 is 19.1 Å². The van der Waals surface area contributed by atoms with Gasteiger partial charge in [-0.3, -0.25) is 0 Å². The van der Waals surface area contributed by atoms with Crippen molar-refractivity contribution in [3.8, 4) is 11.5 Å². The zero-order valence-electron chi connectivity index (χ0n) is 15.2. The number of benzene rings is 2. The average Bonchev–Trinajstić information content (AvgIpc) is 2.65. The number of hydrogen-bond donors (Lipinski definition) is 0. The lowest BCUT2D eigenvalue weighted by atomic mass is 10.1. The molecule has 0 saturated heterocycles. The Kier molecular flexibility index (Phi) is 6.83. The second kappa shape index (κ2) is 9.08. The Morgan fingerprint density at radius 1 is 1.04 bits per heavy atom. The maximum Gasteiger partial charge on any atom is 0.337 e. The Morgan fingerprint density at radius 3 is 2.36 bits per heavy atom. The molecule has 2 rings (SSSR count). The molecule has 2 aromatic carbocycles. The summed E-state index contributed by atoms with van der Waals surface area (Å²) in [5.74, 6) is 0.702. The van der Waals surface area contributed by atoms with Crippen molar-refractivity contribution in [3.63, 3.8) is 0 Å². The van der Waals surface area contributed by atoms with E-state index in [1.54, 1.807) is 25.3 Å². The first kappa shape index (κ1) is 18.8. The molecule has 0 spiro atoms. The van der Waals surface area contributed by atoms with Gasteiger partial charge in [0.25, 0.3) is 0 Å². The number of rotatable bonds is 8. The molecule has 0 aromatic heterocycles.